The van der Waals surface area contributed by atoms with Crippen LogP contribution in [0.25, 0.3) is 5.65 Å². The molecule has 0 saturated carbocycles. The number of aromatic nitrogens is 5. The highest BCUT2D eigenvalue weighted by molar-refractivity contribution is 5.58. The summed E-state index contributed by atoms with van der Waals surface area (Å²) in [4.78, 5) is 0. The van der Waals surface area contributed by atoms with Gasteiger partial charge in [-0.05, 0) is 59.3 Å². The van der Waals surface area contributed by atoms with Crippen molar-refractivity contribution < 1.29 is 13.9 Å². The van der Waals surface area contributed by atoms with Crippen molar-refractivity contribution in [2.24, 2.45) is 0 Å². The predicted molar refractivity (Wildman–Crippen MR) is 96.1 cm³/mol. The molecule has 9 heteroatoms. The third kappa shape index (κ3) is 3.47. The summed E-state index contributed by atoms with van der Waals surface area (Å²) in [7, 11) is 1.54. The average molecular weight is 366 g/mol. The standard InChI is InChI=1S/C18H15FN6O2/c1-11-3-5-15(16(9-11)26-2)27-14-6-4-12(10-13(14)19)20-17-7-8-18-21-23-24-25(18)22-17/h3-10H,1-2H3,(H,20,22). The number of halogens is 1. The molecule has 0 atom stereocenters. The largest absolute Gasteiger partial charge is 0.493 e. The third-order valence-corrected chi connectivity index (χ3v) is 3.81. The Bertz CT molecular complexity index is 1110. The number of ether oxygens (including phenoxy) is 2. The summed E-state index contributed by atoms with van der Waals surface area (Å²) < 4.78 is 26.7. The van der Waals surface area contributed by atoms with E-state index in [2.05, 4.69) is 25.9 Å². The zero-order valence-electron chi connectivity index (χ0n) is 14.5. The monoisotopic (exact) mass is 366 g/mol. The molecular formula is C18H15FN6O2. The highest BCUT2D eigenvalue weighted by Crippen LogP contribution is 2.34. The molecule has 27 heavy (non-hydrogen) atoms. The van der Waals surface area contributed by atoms with Gasteiger partial charge in [0.05, 0.1) is 7.11 Å². The van der Waals surface area contributed by atoms with E-state index < -0.39 is 5.82 Å². The number of fused-ring (bicyclic) bond motifs is 1. The number of nitrogens with one attached hydrogen (secondary N) is 1. The lowest BCUT2D eigenvalue weighted by atomic mass is 10.2. The number of hydrogen-bond donors (Lipinski definition) is 1. The zero-order valence-corrected chi connectivity index (χ0v) is 14.5. The molecule has 0 unspecified atom stereocenters. The van der Waals surface area contributed by atoms with E-state index in [-0.39, 0.29) is 5.75 Å². The minimum Gasteiger partial charge on any atom is -0.493 e. The van der Waals surface area contributed by atoms with Gasteiger partial charge in [-0.15, -0.1) is 14.8 Å². The summed E-state index contributed by atoms with van der Waals surface area (Å²) in [6, 6.07) is 13.4. The fraction of sp³-hybridized carbons (Fsp3) is 0.111. The van der Waals surface area contributed by atoms with E-state index in [1.165, 1.54) is 16.8 Å². The molecule has 0 aliphatic carbocycles. The molecule has 4 rings (SSSR count). The Morgan fingerprint density at radius 3 is 2.67 bits per heavy atom. The van der Waals surface area contributed by atoms with Crippen LogP contribution < -0.4 is 14.8 Å². The summed E-state index contributed by atoms with van der Waals surface area (Å²) in [5.41, 5.74) is 2.05. The smallest absolute Gasteiger partial charge is 0.200 e. The van der Waals surface area contributed by atoms with E-state index in [1.54, 1.807) is 31.4 Å². The molecule has 0 radical (unpaired) electrons. The molecule has 0 aliphatic heterocycles. The van der Waals surface area contributed by atoms with E-state index in [9.17, 15) is 4.39 Å². The maximum absolute atomic E-state index is 14.5. The molecule has 4 aromatic rings. The number of nitrogens with zero attached hydrogens (tertiary/aromatic N) is 5. The second kappa shape index (κ2) is 6.87. The van der Waals surface area contributed by atoms with Crippen LogP contribution in [0.2, 0.25) is 0 Å². The molecule has 0 amide bonds. The first-order valence-corrected chi connectivity index (χ1v) is 8.07. The highest BCUT2D eigenvalue weighted by atomic mass is 19.1. The van der Waals surface area contributed by atoms with Crippen LogP contribution >= 0.6 is 0 Å². The first-order valence-electron chi connectivity index (χ1n) is 8.07. The molecule has 8 nitrogen and oxygen atoms in total. The normalized spacial score (nSPS) is 10.8. The van der Waals surface area contributed by atoms with Gasteiger partial charge in [0.2, 0.25) is 0 Å². The first kappa shape index (κ1) is 16.7. The van der Waals surface area contributed by atoms with Crippen LogP contribution in [0.4, 0.5) is 15.9 Å². The molecule has 2 aromatic carbocycles. The van der Waals surface area contributed by atoms with Gasteiger partial charge in [0, 0.05) is 11.8 Å². The number of aryl methyl sites for hydroxylation is 1. The molecule has 0 saturated heterocycles. The number of rotatable bonds is 5. The Morgan fingerprint density at radius 2 is 1.85 bits per heavy atom. The van der Waals surface area contributed by atoms with Gasteiger partial charge in [0.15, 0.2) is 34.5 Å². The molecule has 2 aromatic heterocycles. The lowest BCUT2D eigenvalue weighted by Crippen LogP contribution is -2.00. The number of anilines is 2. The van der Waals surface area contributed by atoms with Crippen LogP contribution in [0, 0.1) is 12.7 Å². The van der Waals surface area contributed by atoms with Gasteiger partial charge in [-0.25, -0.2) is 4.39 Å². The number of benzene rings is 2. The van der Waals surface area contributed by atoms with E-state index in [4.69, 9.17) is 9.47 Å². The molecule has 2 heterocycles. The van der Waals surface area contributed by atoms with Gasteiger partial charge >= 0.3 is 0 Å². The van der Waals surface area contributed by atoms with E-state index in [1.807, 2.05) is 19.1 Å². The van der Waals surface area contributed by atoms with Crippen molar-refractivity contribution in [3.63, 3.8) is 0 Å². The summed E-state index contributed by atoms with van der Waals surface area (Å²) in [5, 5.41) is 18.2. The number of methoxy groups -OCH3 is 1. The zero-order chi connectivity index (χ0) is 18.8. The minimum atomic E-state index is -0.522. The quantitative estimate of drug-likeness (QED) is 0.578. The Labute approximate surface area is 153 Å². The predicted octanol–water partition coefficient (Wildman–Crippen LogP) is 3.51. The van der Waals surface area contributed by atoms with E-state index in [0.29, 0.717) is 28.7 Å². The first-order chi connectivity index (χ1) is 13.1. The van der Waals surface area contributed by atoms with Crippen molar-refractivity contribution in [3.05, 3.63) is 59.9 Å². The molecule has 0 fully saturated rings. The maximum atomic E-state index is 14.5. The minimum absolute atomic E-state index is 0.0894. The van der Waals surface area contributed by atoms with Crippen LogP contribution in [-0.4, -0.2) is 32.4 Å². The Kier molecular flexibility index (Phi) is 4.25. The van der Waals surface area contributed by atoms with Crippen LogP contribution in [0.5, 0.6) is 17.2 Å². The van der Waals surface area contributed by atoms with Crippen LogP contribution in [0.15, 0.2) is 48.5 Å². The second-order valence-electron chi connectivity index (χ2n) is 5.77. The van der Waals surface area contributed by atoms with Crippen molar-refractivity contribution in [3.8, 4) is 17.2 Å². The number of tetrazole rings is 1. The Balaban J connectivity index is 1.55. The molecule has 0 aliphatic rings. The fourth-order valence-corrected chi connectivity index (χ4v) is 2.50. The molecular weight excluding hydrogens is 351 g/mol. The van der Waals surface area contributed by atoms with Crippen LogP contribution in [-0.2, 0) is 0 Å². The van der Waals surface area contributed by atoms with Crippen molar-refractivity contribution in [2.45, 2.75) is 6.92 Å². The average Bonchev–Trinajstić information content (AvgIpc) is 3.13. The van der Waals surface area contributed by atoms with Crippen molar-refractivity contribution in [2.75, 3.05) is 12.4 Å². The summed E-state index contributed by atoms with van der Waals surface area (Å²) in [6.07, 6.45) is 0. The van der Waals surface area contributed by atoms with Gasteiger partial charge < -0.3 is 14.8 Å². The highest BCUT2D eigenvalue weighted by Gasteiger charge is 2.11. The lowest BCUT2D eigenvalue weighted by Gasteiger charge is -2.12. The molecule has 136 valence electrons. The maximum Gasteiger partial charge on any atom is 0.200 e. The van der Waals surface area contributed by atoms with Crippen molar-refractivity contribution in [1.29, 1.82) is 0 Å². The lowest BCUT2D eigenvalue weighted by molar-refractivity contribution is 0.371. The topological polar surface area (TPSA) is 86.5 Å². The summed E-state index contributed by atoms with van der Waals surface area (Å²) in [6.45, 7) is 1.94. The molecule has 0 bridgehead atoms. The van der Waals surface area contributed by atoms with Gasteiger partial charge in [-0.1, -0.05) is 6.07 Å². The fourth-order valence-electron chi connectivity index (χ4n) is 2.50. The third-order valence-electron chi connectivity index (χ3n) is 3.81. The van der Waals surface area contributed by atoms with Gasteiger partial charge in [-0.2, -0.15) is 0 Å². The van der Waals surface area contributed by atoms with Gasteiger partial charge in [0.1, 0.15) is 0 Å². The van der Waals surface area contributed by atoms with Crippen molar-refractivity contribution >= 4 is 17.2 Å². The van der Waals surface area contributed by atoms with E-state index >= 15 is 0 Å². The SMILES string of the molecule is COc1cc(C)ccc1Oc1ccc(Nc2ccc3nnnn3n2)cc1F. The number of hydrogen-bond acceptors (Lipinski definition) is 7. The Morgan fingerprint density at radius 1 is 1.00 bits per heavy atom. The summed E-state index contributed by atoms with van der Waals surface area (Å²) >= 11 is 0. The van der Waals surface area contributed by atoms with Crippen LogP contribution in [0.1, 0.15) is 5.56 Å². The van der Waals surface area contributed by atoms with Gasteiger partial charge in [0.25, 0.3) is 0 Å². The second-order valence-corrected chi connectivity index (χ2v) is 5.77. The Hall–Kier alpha value is -3.75. The van der Waals surface area contributed by atoms with E-state index in [0.717, 1.165) is 5.56 Å². The van der Waals surface area contributed by atoms with Gasteiger partial charge in [-0.3, -0.25) is 0 Å². The van der Waals surface area contributed by atoms with Crippen LogP contribution in [0.3, 0.4) is 0 Å². The molecule has 1 N–H and O–H groups in total. The summed E-state index contributed by atoms with van der Waals surface area (Å²) in [5.74, 6) is 1.02. The van der Waals surface area contributed by atoms with Crippen molar-refractivity contribution in [1.82, 2.24) is 25.3 Å². The molecule has 0 spiro atoms.